The Bertz CT molecular complexity index is 498. The molecule has 0 saturated carbocycles. The van der Waals surface area contributed by atoms with Gasteiger partial charge in [-0.1, -0.05) is 0 Å². The van der Waals surface area contributed by atoms with Gasteiger partial charge >= 0.3 is 0 Å². The molecule has 0 aliphatic carbocycles. The van der Waals surface area contributed by atoms with Crippen LogP contribution in [0.3, 0.4) is 0 Å². The number of halogens is 1. The lowest BCUT2D eigenvalue weighted by Crippen LogP contribution is -2.51. The van der Waals surface area contributed by atoms with Crippen molar-refractivity contribution in [2.75, 3.05) is 19.0 Å². The van der Waals surface area contributed by atoms with Gasteiger partial charge < -0.3 is 9.64 Å². The molecule has 0 radical (unpaired) electrons. The summed E-state index contributed by atoms with van der Waals surface area (Å²) >= 11 is 5.77. The molecule has 2 heterocycles. The minimum Gasteiger partial charge on any atom is -0.373 e. The zero-order chi connectivity index (χ0) is 13.8. The molecule has 1 saturated heterocycles. The van der Waals surface area contributed by atoms with E-state index in [4.69, 9.17) is 21.6 Å². The average molecular weight is 280 g/mol. The van der Waals surface area contributed by atoms with Gasteiger partial charge in [0, 0.05) is 12.7 Å². The van der Waals surface area contributed by atoms with Gasteiger partial charge in [0.15, 0.2) is 0 Å². The summed E-state index contributed by atoms with van der Waals surface area (Å²) in [6, 6.07) is 5.12. The SMILES string of the molecule is CC1COC(CCl)CN1C(=O)c1ccc(C#N)cn1. The quantitative estimate of drug-likeness (QED) is 0.768. The summed E-state index contributed by atoms with van der Waals surface area (Å²) in [7, 11) is 0. The molecular formula is C13H14ClN3O2. The third-order valence-electron chi connectivity index (χ3n) is 3.05. The van der Waals surface area contributed by atoms with Crippen LogP contribution in [0.25, 0.3) is 0 Å². The van der Waals surface area contributed by atoms with E-state index in [-0.39, 0.29) is 18.1 Å². The standard InChI is InChI=1S/C13H14ClN3O2/c1-9-8-19-11(4-14)7-17(9)13(18)12-3-2-10(5-15)6-16-12/h2-3,6,9,11H,4,7-8H2,1H3. The van der Waals surface area contributed by atoms with Gasteiger partial charge in [-0.3, -0.25) is 4.79 Å². The van der Waals surface area contributed by atoms with Crippen molar-refractivity contribution >= 4 is 17.5 Å². The normalized spacial score (nSPS) is 22.9. The van der Waals surface area contributed by atoms with Crippen molar-refractivity contribution in [2.24, 2.45) is 0 Å². The molecule has 1 aliphatic rings. The predicted octanol–water partition coefficient (Wildman–Crippen LogP) is 1.42. The first-order valence-electron chi connectivity index (χ1n) is 6.00. The van der Waals surface area contributed by atoms with Crippen molar-refractivity contribution in [1.29, 1.82) is 5.26 Å². The minimum absolute atomic E-state index is 0.00981. The molecule has 1 aromatic heterocycles. The molecule has 6 heteroatoms. The summed E-state index contributed by atoms with van der Waals surface area (Å²) in [5, 5.41) is 8.71. The molecule has 1 amide bonds. The summed E-state index contributed by atoms with van der Waals surface area (Å²) in [5.41, 5.74) is 0.770. The molecule has 2 unspecified atom stereocenters. The summed E-state index contributed by atoms with van der Waals surface area (Å²) in [4.78, 5) is 18.1. The van der Waals surface area contributed by atoms with Crippen LogP contribution in [0.4, 0.5) is 0 Å². The van der Waals surface area contributed by atoms with Gasteiger partial charge in [0.05, 0.1) is 30.2 Å². The number of amides is 1. The zero-order valence-electron chi connectivity index (χ0n) is 10.5. The fourth-order valence-electron chi connectivity index (χ4n) is 1.93. The Hall–Kier alpha value is -1.64. The van der Waals surface area contributed by atoms with Crippen LogP contribution in [-0.4, -0.2) is 47.0 Å². The van der Waals surface area contributed by atoms with Gasteiger partial charge in [-0.05, 0) is 19.1 Å². The Morgan fingerprint density at radius 1 is 1.68 bits per heavy atom. The van der Waals surface area contributed by atoms with Gasteiger partial charge in [0.1, 0.15) is 11.8 Å². The second-order valence-corrected chi connectivity index (χ2v) is 4.77. The third-order valence-corrected chi connectivity index (χ3v) is 3.39. The molecule has 19 heavy (non-hydrogen) atoms. The van der Waals surface area contributed by atoms with E-state index < -0.39 is 0 Å². The molecule has 1 aromatic rings. The predicted molar refractivity (Wildman–Crippen MR) is 69.9 cm³/mol. The summed E-state index contributed by atoms with van der Waals surface area (Å²) in [6.45, 7) is 2.86. The highest BCUT2D eigenvalue weighted by Gasteiger charge is 2.30. The number of alkyl halides is 1. The van der Waals surface area contributed by atoms with Crippen LogP contribution in [0.5, 0.6) is 0 Å². The smallest absolute Gasteiger partial charge is 0.272 e. The number of nitrogens with zero attached hydrogens (tertiary/aromatic N) is 3. The van der Waals surface area contributed by atoms with E-state index in [1.165, 1.54) is 6.20 Å². The number of nitriles is 1. The second-order valence-electron chi connectivity index (χ2n) is 4.46. The monoisotopic (exact) mass is 279 g/mol. The van der Waals surface area contributed by atoms with Crippen LogP contribution in [0, 0.1) is 11.3 Å². The van der Waals surface area contributed by atoms with Gasteiger partial charge in [0.2, 0.25) is 0 Å². The van der Waals surface area contributed by atoms with Crippen LogP contribution >= 0.6 is 11.6 Å². The van der Waals surface area contributed by atoms with Gasteiger partial charge in [0.25, 0.3) is 5.91 Å². The average Bonchev–Trinajstić information content (AvgIpc) is 2.47. The van der Waals surface area contributed by atoms with E-state index in [0.29, 0.717) is 30.3 Å². The Balaban J connectivity index is 2.15. The Morgan fingerprint density at radius 2 is 2.47 bits per heavy atom. The lowest BCUT2D eigenvalue weighted by Gasteiger charge is -2.37. The lowest BCUT2D eigenvalue weighted by molar-refractivity contribution is -0.0373. The number of carbonyl (C=O) groups excluding carboxylic acids is 1. The Morgan fingerprint density at radius 3 is 3.05 bits per heavy atom. The molecule has 5 nitrogen and oxygen atoms in total. The molecule has 100 valence electrons. The van der Waals surface area contributed by atoms with Gasteiger partial charge in [-0.2, -0.15) is 5.26 Å². The topological polar surface area (TPSA) is 66.2 Å². The Kier molecular flexibility index (Phi) is 4.35. The largest absolute Gasteiger partial charge is 0.373 e. The van der Waals surface area contributed by atoms with Crippen molar-refractivity contribution in [3.63, 3.8) is 0 Å². The number of morpholine rings is 1. The van der Waals surface area contributed by atoms with E-state index in [9.17, 15) is 4.79 Å². The number of carbonyl (C=O) groups is 1. The van der Waals surface area contributed by atoms with E-state index >= 15 is 0 Å². The molecule has 0 N–H and O–H groups in total. The lowest BCUT2D eigenvalue weighted by atomic mass is 10.1. The highest BCUT2D eigenvalue weighted by Crippen LogP contribution is 2.15. The number of hydrogen-bond acceptors (Lipinski definition) is 4. The first-order valence-corrected chi connectivity index (χ1v) is 6.54. The highest BCUT2D eigenvalue weighted by molar-refractivity contribution is 6.18. The number of pyridine rings is 1. The van der Waals surface area contributed by atoms with Crippen LogP contribution in [0.2, 0.25) is 0 Å². The first kappa shape index (κ1) is 13.8. The molecule has 0 bridgehead atoms. The summed E-state index contributed by atoms with van der Waals surface area (Å²) in [5.74, 6) is 0.201. The zero-order valence-corrected chi connectivity index (χ0v) is 11.3. The highest BCUT2D eigenvalue weighted by atomic mass is 35.5. The van der Waals surface area contributed by atoms with Crippen molar-refractivity contribution in [2.45, 2.75) is 19.1 Å². The fraction of sp³-hybridized carbons (Fsp3) is 0.462. The van der Waals surface area contributed by atoms with Crippen molar-refractivity contribution < 1.29 is 9.53 Å². The second kappa shape index (κ2) is 6.00. The molecule has 0 aromatic carbocycles. The van der Waals surface area contributed by atoms with Crippen LogP contribution in [0.1, 0.15) is 23.0 Å². The van der Waals surface area contributed by atoms with E-state index in [1.807, 2.05) is 13.0 Å². The van der Waals surface area contributed by atoms with Crippen molar-refractivity contribution in [1.82, 2.24) is 9.88 Å². The first-order chi connectivity index (χ1) is 9.15. The van der Waals surface area contributed by atoms with E-state index in [1.54, 1.807) is 17.0 Å². The van der Waals surface area contributed by atoms with Gasteiger partial charge in [-0.15, -0.1) is 11.6 Å². The summed E-state index contributed by atoms with van der Waals surface area (Å²) < 4.78 is 5.50. The number of ether oxygens (including phenoxy) is 1. The number of rotatable bonds is 2. The Labute approximate surface area is 116 Å². The van der Waals surface area contributed by atoms with Crippen LogP contribution < -0.4 is 0 Å². The maximum Gasteiger partial charge on any atom is 0.272 e. The van der Waals surface area contributed by atoms with Gasteiger partial charge in [-0.25, -0.2) is 4.98 Å². The van der Waals surface area contributed by atoms with Crippen molar-refractivity contribution in [3.05, 3.63) is 29.6 Å². The molecule has 1 aliphatic heterocycles. The molecule has 1 fully saturated rings. The van der Waals surface area contributed by atoms with Crippen LogP contribution in [0.15, 0.2) is 18.3 Å². The van der Waals surface area contributed by atoms with E-state index in [0.717, 1.165) is 0 Å². The number of aromatic nitrogens is 1. The summed E-state index contributed by atoms with van der Waals surface area (Å²) in [6.07, 6.45) is 1.26. The molecule has 2 rings (SSSR count). The maximum atomic E-state index is 12.4. The minimum atomic E-state index is -0.157. The molecule has 0 spiro atoms. The molecular weight excluding hydrogens is 266 g/mol. The van der Waals surface area contributed by atoms with E-state index in [2.05, 4.69) is 4.98 Å². The fourth-order valence-corrected chi connectivity index (χ4v) is 2.11. The van der Waals surface area contributed by atoms with Crippen LogP contribution in [-0.2, 0) is 4.74 Å². The van der Waals surface area contributed by atoms with Crippen molar-refractivity contribution in [3.8, 4) is 6.07 Å². The third kappa shape index (κ3) is 3.03. The maximum absolute atomic E-state index is 12.4. The molecule has 2 atom stereocenters. The number of hydrogen-bond donors (Lipinski definition) is 0.